The van der Waals surface area contributed by atoms with Gasteiger partial charge in [-0.25, -0.2) is 4.79 Å². The molecule has 0 atom stereocenters. The SMILES string of the molecule is Cc1noc(C)c1COc1ccc(C(=O)OCc2cc(-c3cccs3)on2)cc1. The number of esters is 1. The Hall–Kier alpha value is -3.39. The van der Waals surface area contributed by atoms with Crippen LogP contribution in [0.3, 0.4) is 0 Å². The molecule has 29 heavy (non-hydrogen) atoms. The van der Waals surface area contributed by atoms with Gasteiger partial charge in [0.15, 0.2) is 5.76 Å². The Morgan fingerprint density at radius 3 is 2.59 bits per heavy atom. The third-order valence-electron chi connectivity index (χ3n) is 4.33. The molecule has 0 aliphatic rings. The lowest BCUT2D eigenvalue weighted by Gasteiger charge is -2.07. The lowest BCUT2D eigenvalue weighted by atomic mass is 10.2. The van der Waals surface area contributed by atoms with E-state index < -0.39 is 5.97 Å². The largest absolute Gasteiger partial charge is 0.489 e. The molecule has 0 aliphatic carbocycles. The topological polar surface area (TPSA) is 87.6 Å². The number of rotatable bonds is 7. The number of carbonyl (C=O) groups is 1. The Morgan fingerprint density at radius 2 is 1.90 bits per heavy atom. The summed E-state index contributed by atoms with van der Waals surface area (Å²) in [6.07, 6.45) is 0. The molecule has 0 radical (unpaired) electrons. The monoisotopic (exact) mass is 410 g/mol. The van der Waals surface area contributed by atoms with Gasteiger partial charge in [0.05, 0.1) is 21.7 Å². The predicted octanol–water partition coefficient (Wildman–Crippen LogP) is 4.94. The van der Waals surface area contributed by atoms with Gasteiger partial charge in [-0.15, -0.1) is 11.3 Å². The minimum absolute atomic E-state index is 0.0397. The van der Waals surface area contributed by atoms with Gasteiger partial charge in [0.25, 0.3) is 0 Å². The molecule has 0 saturated heterocycles. The lowest BCUT2D eigenvalue weighted by molar-refractivity contribution is 0.0464. The van der Waals surface area contributed by atoms with Crippen LogP contribution < -0.4 is 4.74 Å². The highest BCUT2D eigenvalue weighted by Gasteiger charge is 2.13. The van der Waals surface area contributed by atoms with E-state index in [0.717, 1.165) is 21.9 Å². The van der Waals surface area contributed by atoms with Gasteiger partial charge in [-0.3, -0.25) is 0 Å². The van der Waals surface area contributed by atoms with E-state index in [9.17, 15) is 4.79 Å². The van der Waals surface area contributed by atoms with Gasteiger partial charge in [0, 0.05) is 6.07 Å². The standard InChI is InChI=1S/C21H18N2O5S/c1-13-18(14(2)27-22-13)12-25-17-7-5-15(6-8-17)21(24)26-11-16-10-19(28-23-16)20-4-3-9-29-20/h3-10H,11-12H2,1-2H3. The molecule has 4 aromatic rings. The van der Waals surface area contributed by atoms with E-state index in [2.05, 4.69) is 10.3 Å². The molecule has 8 heteroatoms. The molecule has 0 fully saturated rings. The van der Waals surface area contributed by atoms with Crippen molar-refractivity contribution in [2.24, 2.45) is 0 Å². The van der Waals surface area contributed by atoms with Gasteiger partial charge in [0.2, 0.25) is 0 Å². The molecule has 0 spiro atoms. The summed E-state index contributed by atoms with van der Waals surface area (Å²) in [6, 6.07) is 12.4. The molecule has 0 aliphatic heterocycles. The first-order valence-corrected chi connectivity index (χ1v) is 9.79. The van der Waals surface area contributed by atoms with Crippen LogP contribution >= 0.6 is 11.3 Å². The third kappa shape index (κ3) is 4.38. The first kappa shape index (κ1) is 18.9. The Labute approximate surface area is 170 Å². The van der Waals surface area contributed by atoms with E-state index in [1.54, 1.807) is 41.7 Å². The highest BCUT2D eigenvalue weighted by Crippen LogP contribution is 2.25. The van der Waals surface area contributed by atoms with Gasteiger partial charge >= 0.3 is 5.97 Å². The molecule has 0 saturated carbocycles. The first-order valence-electron chi connectivity index (χ1n) is 8.91. The van der Waals surface area contributed by atoms with Gasteiger partial charge in [-0.05, 0) is 49.6 Å². The quantitative estimate of drug-likeness (QED) is 0.399. The molecule has 0 bridgehead atoms. The second kappa shape index (κ2) is 8.32. The van der Waals surface area contributed by atoms with E-state index >= 15 is 0 Å². The predicted molar refractivity (Wildman–Crippen MR) is 106 cm³/mol. The Balaban J connectivity index is 1.31. The van der Waals surface area contributed by atoms with Crippen molar-refractivity contribution in [3.8, 4) is 16.4 Å². The Morgan fingerprint density at radius 1 is 1.07 bits per heavy atom. The van der Waals surface area contributed by atoms with Crippen LogP contribution in [0.25, 0.3) is 10.6 Å². The van der Waals surface area contributed by atoms with Gasteiger partial charge in [-0.2, -0.15) is 0 Å². The van der Waals surface area contributed by atoms with Crippen molar-refractivity contribution in [1.29, 1.82) is 0 Å². The second-order valence-electron chi connectivity index (χ2n) is 6.35. The fraction of sp³-hybridized carbons (Fsp3) is 0.190. The van der Waals surface area contributed by atoms with Crippen LogP contribution in [0.2, 0.25) is 0 Å². The maximum Gasteiger partial charge on any atom is 0.338 e. The van der Waals surface area contributed by atoms with Crippen molar-refractivity contribution in [2.45, 2.75) is 27.1 Å². The van der Waals surface area contributed by atoms with Crippen molar-refractivity contribution >= 4 is 17.3 Å². The molecule has 3 heterocycles. The highest BCUT2D eigenvalue weighted by atomic mass is 32.1. The summed E-state index contributed by atoms with van der Waals surface area (Å²) in [7, 11) is 0. The van der Waals surface area contributed by atoms with E-state index in [-0.39, 0.29) is 6.61 Å². The average Bonchev–Trinajstić information content (AvgIpc) is 3.47. The maximum absolute atomic E-state index is 12.3. The highest BCUT2D eigenvalue weighted by molar-refractivity contribution is 7.13. The molecular formula is C21H18N2O5S. The summed E-state index contributed by atoms with van der Waals surface area (Å²) < 4.78 is 21.5. The van der Waals surface area contributed by atoms with Crippen LogP contribution in [0.5, 0.6) is 5.75 Å². The smallest absolute Gasteiger partial charge is 0.338 e. The summed E-state index contributed by atoms with van der Waals surface area (Å²) in [5, 5.41) is 9.79. The average molecular weight is 410 g/mol. The summed E-state index contributed by atoms with van der Waals surface area (Å²) in [6.45, 7) is 4.10. The van der Waals surface area contributed by atoms with E-state index in [0.29, 0.717) is 29.4 Å². The minimum Gasteiger partial charge on any atom is -0.489 e. The molecule has 0 unspecified atom stereocenters. The molecule has 0 amide bonds. The summed E-state index contributed by atoms with van der Waals surface area (Å²) >= 11 is 1.55. The van der Waals surface area contributed by atoms with Crippen molar-refractivity contribution in [1.82, 2.24) is 10.3 Å². The molecule has 0 N–H and O–H groups in total. The van der Waals surface area contributed by atoms with Crippen molar-refractivity contribution in [3.63, 3.8) is 0 Å². The van der Waals surface area contributed by atoms with Gasteiger partial charge in [0.1, 0.15) is 30.4 Å². The first-order chi connectivity index (χ1) is 14.1. The number of thiophene rings is 1. The summed E-state index contributed by atoms with van der Waals surface area (Å²) in [4.78, 5) is 13.2. The number of benzene rings is 1. The van der Waals surface area contributed by atoms with E-state index in [4.69, 9.17) is 18.5 Å². The fourth-order valence-corrected chi connectivity index (χ4v) is 3.36. The van der Waals surface area contributed by atoms with E-state index in [1.165, 1.54) is 0 Å². The van der Waals surface area contributed by atoms with Crippen LogP contribution in [0.15, 0.2) is 56.9 Å². The molecule has 4 rings (SSSR count). The van der Waals surface area contributed by atoms with E-state index in [1.807, 2.05) is 31.4 Å². The zero-order valence-corrected chi connectivity index (χ0v) is 16.7. The fourth-order valence-electron chi connectivity index (χ4n) is 2.69. The Kier molecular flexibility index (Phi) is 5.44. The van der Waals surface area contributed by atoms with Crippen LogP contribution in [0.4, 0.5) is 0 Å². The maximum atomic E-state index is 12.3. The van der Waals surface area contributed by atoms with Gasteiger partial charge in [-0.1, -0.05) is 16.4 Å². The molecule has 7 nitrogen and oxygen atoms in total. The third-order valence-corrected chi connectivity index (χ3v) is 5.21. The van der Waals surface area contributed by atoms with Crippen molar-refractivity contribution in [2.75, 3.05) is 0 Å². The number of hydrogen-bond donors (Lipinski definition) is 0. The van der Waals surface area contributed by atoms with Crippen LogP contribution in [-0.2, 0) is 18.0 Å². The molecular weight excluding hydrogens is 392 g/mol. The van der Waals surface area contributed by atoms with Crippen LogP contribution in [0, 0.1) is 13.8 Å². The van der Waals surface area contributed by atoms with Crippen molar-refractivity contribution in [3.05, 3.63) is 76.1 Å². The van der Waals surface area contributed by atoms with Gasteiger partial charge < -0.3 is 18.5 Å². The molecule has 1 aromatic carbocycles. The summed E-state index contributed by atoms with van der Waals surface area (Å²) in [5.74, 6) is 1.59. The number of hydrogen-bond acceptors (Lipinski definition) is 8. The summed E-state index contributed by atoms with van der Waals surface area (Å²) in [5.41, 5.74) is 2.71. The van der Waals surface area contributed by atoms with Crippen LogP contribution in [-0.4, -0.2) is 16.3 Å². The number of ether oxygens (including phenoxy) is 2. The van der Waals surface area contributed by atoms with Crippen LogP contribution in [0.1, 0.15) is 33.1 Å². The molecule has 148 valence electrons. The molecule has 3 aromatic heterocycles. The number of nitrogens with zero attached hydrogens (tertiary/aromatic N) is 2. The Bertz CT molecular complexity index is 1080. The number of aromatic nitrogens is 2. The number of carbonyl (C=O) groups excluding carboxylic acids is 1. The van der Waals surface area contributed by atoms with Crippen molar-refractivity contribution < 1.29 is 23.3 Å². The zero-order chi connectivity index (χ0) is 20.2. The lowest BCUT2D eigenvalue weighted by Crippen LogP contribution is -2.05. The second-order valence-corrected chi connectivity index (χ2v) is 7.30. The zero-order valence-electron chi connectivity index (χ0n) is 15.9. The minimum atomic E-state index is -0.442. The number of aryl methyl sites for hydroxylation is 2. The normalized spacial score (nSPS) is 10.8.